The van der Waals surface area contributed by atoms with Gasteiger partial charge in [-0.25, -0.2) is 0 Å². The molecule has 1 aliphatic carbocycles. The molecule has 0 bridgehead atoms. The fourth-order valence-electron chi connectivity index (χ4n) is 2.94. The standard InChI is InChI=1S/C13H17BrN2/c1-16-9-13(6-3-7-13)8-15-12-10(14)4-2-5-11(12)16/h2,4-5,15H,3,6-9H2,1H3. The minimum absolute atomic E-state index is 0.521. The highest BCUT2D eigenvalue weighted by atomic mass is 79.9. The third kappa shape index (κ3) is 1.53. The number of nitrogens with zero attached hydrogens (tertiary/aromatic N) is 1. The zero-order valence-electron chi connectivity index (χ0n) is 9.59. The van der Waals surface area contributed by atoms with E-state index in [0.29, 0.717) is 5.41 Å². The molecule has 1 aromatic rings. The Morgan fingerprint density at radius 2 is 2.19 bits per heavy atom. The molecule has 86 valence electrons. The van der Waals surface area contributed by atoms with Crippen molar-refractivity contribution in [3.63, 3.8) is 0 Å². The minimum Gasteiger partial charge on any atom is -0.382 e. The van der Waals surface area contributed by atoms with Crippen molar-refractivity contribution < 1.29 is 0 Å². The molecule has 1 aliphatic heterocycles. The normalized spacial score (nSPS) is 22.0. The summed E-state index contributed by atoms with van der Waals surface area (Å²) in [7, 11) is 2.21. The first-order valence-electron chi connectivity index (χ1n) is 5.94. The van der Waals surface area contributed by atoms with E-state index < -0.39 is 0 Å². The van der Waals surface area contributed by atoms with Crippen LogP contribution >= 0.6 is 15.9 Å². The summed E-state index contributed by atoms with van der Waals surface area (Å²) in [6, 6.07) is 6.42. The van der Waals surface area contributed by atoms with Gasteiger partial charge in [0.05, 0.1) is 11.4 Å². The van der Waals surface area contributed by atoms with Crippen LogP contribution in [0.15, 0.2) is 22.7 Å². The van der Waals surface area contributed by atoms with Gasteiger partial charge in [-0.3, -0.25) is 0 Å². The second-order valence-electron chi connectivity index (χ2n) is 5.20. The van der Waals surface area contributed by atoms with Crippen molar-refractivity contribution in [1.29, 1.82) is 0 Å². The number of nitrogens with one attached hydrogen (secondary N) is 1. The van der Waals surface area contributed by atoms with Gasteiger partial charge in [-0.2, -0.15) is 0 Å². The van der Waals surface area contributed by atoms with Crippen LogP contribution in [0.4, 0.5) is 11.4 Å². The summed E-state index contributed by atoms with van der Waals surface area (Å²) in [6.07, 6.45) is 4.14. The summed E-state index contributed by atoms with van der Waals surface area (Å²) in [5.74, 6) is 0. The lowest BCUT2D eigenvalue weighted by atomic mass is 9.68. The van der Waals surface area contributed by atoms with Crippen LogP contribution in [0.1, 0.15) is 19.3 Å². The molecule has 0 radical (unpaired) electrons. The van der Waals surface area contributed by atoms with Crippen molar-refractivity contribution in [1.82, 2.24) is 0 Å². The first-order chi connectivity index (χ1) is 7.70. The summed E-state index contributed by atoms with van der Waals surface area (Å²) < 4.78 is 1.17. The molecule has 3 rings (SSSR count). The quantitative estimate of drug-likeness (QED) is 0.783. The third-order valence-electron chi connectivity index (χ3n) is 4.03. The molecule has 1 spiro atoms. The summed E-state index contributed by atoms with van der Waals surface area (Å²) in [4.78, 5) is 2.40. The lowest BCUT2D eigenvalue weighted by Crippen LogP contribution is -2.43. The SMILES string of the molecule is CN1CC2(CCC2)CNc2c(Br)cccc21. The Labute approximate surface area is 105 Å². The first-order valence-corrected chi connectivity index (χ1v) is 6.73. The number of rotatable bonds is 0. The topological polar surface area (TPSA) is 15.3 Å². The van der Waals surface area contributed by atoms with E-state index in [1.54, 1.807) is 0 Å². The number of para-hydroxylation sites is 1. The molecule has 0 atom stereocenters. The smallest absolute Gasteiger partial charge is 0.0722 e. The monoisotopic (exact) mass is 280 g/mol. The van der Waals surface area contributed by atoms with E-state index >= 15 is 0 Å². The zero-order chi connectivity index (χ0) is 11.2. The van der Waals surface area contributed by atoms with Crippen molar-refractivity contribution in [3.05, 3.63) is 22.7 Å². The Morgan fingerprint density at radius 3 is 2.88 bits per heavy atom. The van der Waals surface area contributed by atoms with Crippen LogP contribution in [0.2, 0.25) is 0 Å². The van der Waals surface area contributed by atoms with E-state index in [1.165, 1.54) is 41.7 Å². The summed E-state index contributed by atoms with van der Waals surface area (Å²) in [5, 5.41) is 3.63. The molecule has 0 saturated heterocycles. The third-order valence-corrected chi connectivity index (χ3v) is 4.69. The van der Waals surface area contributed by atoms with E-state index in [9.17, 15) is 0 Å². The predicted molar refractivity (Wildman–Crippen MR) is 72.2 cm³/mol. The van der Waals surface area contributed by atoms with Crippen LogP contribution in [0, 0.1) is 5.41 Å². The summed E-state index contributed by atoms with van der Waals surface area (Å²) >= 11 is 3.63. The van der Waals surface area contributed by atoms with Gasteiger partial charge < -0.3 is 10.2 Å². The number of benzene rings is 1. The molecule has 0 amide bonds. The Morgan fingerprint density at radius 1 is 1.38 bits per heavy atom. The number of hydrogen-bond acceptors (Lipinski definition) is 2. The Balaban J connectivity index is 1.98. The van der Waals surface area contributed by atoms with E-state index in [-0.39, 0.29) is 0 Å². The van der Waals surface area contributed by atoms with E-state index in [2.05, 4.69) is 51.4 Å². The van der Waals surface area contributed by atoms with Gasteiger partial charge >= 0.3 is 0 Å². The molecule has 1 fully saturated rings. The molecule has 0 unspecified atom stereocenters. The van der Waals surface area contributed by atoms with E-state index in [0.717, 1.165) is 6.54 Å². The Hall–Kier alpha value is -0.700. The predicted octanol–water partition coefficient (Wildman–Crippen LogP) is 3.48. The van der Waals surface area contributed by atoms with Gasteiger partial charge in [-0.1, -0.05) is 12.5 Å². The lowest BCUT2D eigenvalue weighted by molar-refractivity contribution is 0.162. The largest absolute Gasteiger partial charge is 0.382 e. The van der Waals surface area contributed by atoms with Gasteiger partial charge in [0.25, 0.3) is 0 Å². The van der Waals surface area contributed by atoms with Crippen molar-refractivity contribution in [3.8, 4) is 0 Å². The fraction of sp³-hybridized carbons (Fsp3) is 0.538. The molecule has 2 nitrogen and oxygen atoms in total. The maximum Gasteiger partial charge on any atom is 0.0722 e. The average Bonchev–Trinajstić information content (AvgIpc) is 2.37. The minimum atomic E-state index is 0.521. The maximum absolute atomic E-state index is 3.63. The first kappa shape index (κ1) is 10.5. The second-order valence-corrected chi connectivity index (χ2v) is 6.05. The van der Waals surface area contributed by atoms with Crippen LogP contribution in [-0.2, 0) is 0 Å². The lowest BCUT2D eigenvalue weighted by Gasteiger charge is -2.43. The van der Waals surface area contributed by atoms with Crippen LogP contribution in [0.25, 0.3) is 0 Å². The molecule has 0 aromatic heterocycles. The van der Waals surface area contributed by atoms with Crippen LogP contribution in [0.3, 0.4) is 0 Å². The van der Waals surface area contributed by atoms with Crippen molar-refractivity contribution in [2.75, 3.05) is 30.4 Å². The molecule has 2 aliphatic rings. The number of fused-ring (bicyclic) bond motifs is 1. The molecular formula is C13H17BrN2. The summed E-state index contributed by atoms with van der Waals surface area (Å²) in [5.41, 5.74) is 3.10. The van der Waals surface area contributed by atoms with Gasteiger partial charge in [0.2, 0.25) is 0 Å². The molecule has 1 N–H and O–H groups in total. The second kappa shape index (κ2) is 3.66. The molecule has 16 heavy (non-hydrogen) atoms. The Kier molecular flexibility index (Phi) is 2.39. The van der Waals surface area contributed by atoms with Gasteiger partial charge in [0.15, 0.2) is 0 Å². The number of anilines is 2. The molecule has 3 heteroatoms. The zero-order valence-corrected chi connectivity index (χ0v) is 11.2. The van der Waals surface area contributed by atoms with Crippen molar-refractivity contribution >= 4 is 27.3 Å². The summed E-state index contributed by atoms with van der Waals surface area (Å²) in [6.45, 7) is 2.30. The number of hydrogen-bond donors (Lipinski definition) is 1. The highest BCUT2D eigenvalue weighted by Crippen LogP contribution is 2.46. The van der Waals surface area contributed by atoms with E-state index in [1.807, 2.05) is 0 Å². The number of halogens is 1. The van der Waals surface area contributed by atoms with Crippen molar-refractivity contribution in [2.24, 2.45) is 5.41 Å². The average molecular weight is 281 g/mol. The van der Waals surface area contributed by atoms with Gasteiger partial charge in [0, 0.05) is 30.0 Å². The van der Waals surface area contributed by atoms with Crippen molar-refractivity contribution in [2.45, 2.75) is 19.3 Å². The Bertz CT molecular complexity index is 412. The van der Waals surface area contributed by atoms with Gasteiger partial charge in [-0.15, -0.1) is 0 Å². The highest BCUT2D eigenvalue weighted by Gasteiger charge is 2.39. The molecule has 1 saturated carbocycles. The maximum atomic E-state index is 3.63. The van der Waals surface area contributed by atoms with Gasteiger partial charge in [-0.05, 0) is 40.9 Å². The van der Waals surface area contributed by atoms with Gasteiger partial charge in [0.1, 0.15) is 0 Å². The molecular weight excluding hydrogens is 264 g/mol. The fourth-order valence-corrected chi connectivity index (χ4v) is 3.43. The highest BCUT2D eigenvalue weighted by molar-refractivity contribution is 9.10. The molecule has 1 aromatic carbocycles. The van der Waals surface area contributed by atoms with Crippen LogP contribution in [-0.4, -0.2) is 20.1 Å². The molecule has 1 heterocycles. The van der Waals surface area contributed by atoms with E-state index in [4.69, 9.17) is 0 Å². The van der Waals surface area contributed by atoms with Crippen LogP contribution < -0.4 is 10.2 Å². The van der Waals surface area contributed by atoms with Crippen LogP contribution in [0.5, 0.6) is 0 Å².